The average molecular weight is 329 g/mol. The molecule has 0 saturated heterocycles. The number of carboxylic acid groups (broad SMARTS) is 1. The molecule has 0 saturated carbocycles. The predicted octanol–water partition coefficient (Wildman–Crippen LogP) is 4.72. The molecule has 7 heteroatoms. The molecule has 0 unspecified atom stereocenters. The van der Waals surface area contributed by atoms with E-state index in [0.717, 1.165) is 5.56 Å². The van der Waals surface area contributed by atoms with Crippen molar-refractivity contribution in [3.05, 3.63) is 58.4 Å². The Kier molecular flexibility index (Phi) is 3.83. The molecular weight excluding hydrogens is 316 g/mol. The highest BCUT2D eigenvalue weighted by Crippen LogP contribution is 2.27. The van der Waals surface area contributed by atoms with Crippen molar-refractivity contribution in [2.75, 3.05) is 0 Å². The summed E-state index contributed by atoms with van der Waals surface area (Å²) >= 11 is 5.97. The Morgan fingerprint density at radius 1 is 1.22 bits per heavy atom. The Bertz CT molecular complexity index is 947. The number of hydrogen-bond acceptors (Lipinski definition) is 4. The van der Waals surface area contributed by atoms with Crippen molar-refractivity contribution in [2.45, 2.75) is 13.8 Å². The first-order chi connectivity index (χ1) is 11.0. The normalized spacial score (nSPS) is 11.4. The first-order valence-corrected chi connectivity index (χ1v) is 7.23. The van der Waals surface area contributed by atoms with Crippen LogP contribution in [0, 0.1) is 13.8 Å². The fraction of sp³-hybridized carbons (Fsp3) is 0.125. The quantitative estimate of drug-likeness (QED) is 0.706. The van der Waals surface area contributed by atoms with Crippen molar-refractivity contribution < 1.29 is 9.90 Å². The van der Waals surface area contributed by atoms with Crippen molar-refractivity contribution in [1.29, 1.82) is 0 Å². The lowest BCUT2D eigenvalue weighted by molar-refractivity contribution is 0.0696. The fourth-order valence-corrected chi connectivity index (χ4v) is 2.35. The highest BCUT2D eigenvalue weighted by molar-refractivity contribution is 6.30. The molecule has 6 nitrogen and oxygen atoms in total. The van der Waals surface area contributed by atoms with Crippen molar-refractivity contribution >= 4 is 34.7 Å². The van der Waals surface area contributed by atoms with Gasteiger partial charge in [0.2, 0.25) is 0 Å². The van der Waals surface area contributed by atoms with E-state index < -0.39 is 5.97 Å². The van der Waals surface area contributed by atoms with Crippen LogP contribution in [-0.4, -0.2) is 20.5 Å². The van der Waals surface area contributed by atoms with Gasteiger partial charge in [-0.2, -0.15) is 0 Å². The first-order valence-electron chi connectivity index (χ1n) is 6.85. The van der Waals surface area contributed by atoms with Crippen LogP contribution in [0.3, 0.4) is 0 Å². The third-order valence-electron chi connectivity index (χ3n) is 3.43. The highest BCUT2D eigenvalue weighted by atomic mass is 35.5. The van der Waals surface area contributed by atoms with Crippen LogP contribution >= 0.6 is 11.6 Å². The molecule has 1 N–H and O–H groups in total. The fourth-order valence-electron chi connectivity index (χ4n) is 2.19. The zero-order valence-electron chi connectivity index (χ0n) is 12.5. The second-order valence-electron chi connectivity index (χ2n) is 5.10. The van der Waals surface area contributed by atoms with Gasteiger partial charge < -0.3 is 5.11 Å². The van der Waals surface area contributed by atoms with Crippen LogP contribution in [0.4, 0.5) is 11.5 Å². The molecule has 0 bridgehead atoms. The van der Waals surface area contributed by atoms with Gasteiger partial charge in [0.05, 0.1) is 16.9 Å². The van der Waals surface area contributed by atoms with Crippen molar-refractivity contribution in [3.63, 3.8) is 0 Å². The number of halogens is 1. The molecule has 0 amide bonds. The van der Waals surface area contributed by atoms with Crippen LogP contribution in [0.2, 0.25) is 5.02 Å². The van der Waals surface area contributed by atoms with Crippen molar-refractivity contribution in [1.82, 2.24) is 9.38 Å². The van der Waals surface area contributed by atoms with Gasteiger partial charge in [-0.25, -0.2) is 9.78 Å². The van der Waals surface area contributed by atoms with Crippen LogP contribution in [0.15, 0.2) is 46.8 Å². The molecule has 0 aliphatic rings. The summed E-state index contributed by atoms with van der Waals surface area (Å²) in [5, 5.41) is 18.2. The lowest BCUT2D eigenvalue weighted by atomic mass is 10.2. The van der Waals surface area contributed by atoms with Gasteiger partial charge in [0, 0.05) is 11.2 Å². The van der Waals surface area contributed by atoms with Crippen molar-refractivity contribution in [3.8, 4) is 0 Å². The zero-order valence-corrected chi connectivity index (χ0v) is 13.2. The van der Waals surface area contributed by atoms with E-state index in [4.69, 9.17) is 16.7 Å². The number of azo groups is 1. The monoisotopic (exact) mass is 328 g/mol. The van der Waals surface area contributed by atoms with E-state index >= 15 is 0 Å². The Hall–Kier alpha value is -2.73. The Balaban J connectivity index is 2.10. The minimum absolute atomic E-state index is 0.158. The Morgan fingerprint density at radius 3 is 2.74 bits per heavy atom. The zero-order chi connectivity index (χ0) is 16.6. The van der Waals surface area contributed by atoms with E-state index in [2.05, 4.69) is 15.2 Å². The number of rotatable bonds is 3. The van der Waals surface area contributed by atoms with E-state index in [1.807, 2.05) is 13.0 Å². The van der Waals surface area contributed by atoms with Crippen LogP contribution < -0.4 is 0 Å². The first kappa shape index (κ1) is 15.2. The van der Waals surface area contributed by atoms with E-state index in [0.29, 0.717) is 27.9 Å². The number of imidazole rings is 1. The standard InChI is InChI=1S/C16H13ClN4O2/c1-9-3-5-12(17)7-13(9)19-20-15-10(2)18-14-6-4-11(16(22)23)8-21(14)15/h3-8H,1-2H3,(H,22,23). The summed E-state index contributed by atoms with van der Waals surface area (Å²) in [4.78, 5) is 15.5. The van der Waals surface area contributed by atoms with Crippen molar-refractivity contribution in [2.24, 2.45) is 10.2 Å². The Labute approximate surface area is 137 Å². The maximum absolute atomic E-state index is 11.1. The summed E-state index contributed by atoms with van der Waals surface area (Å²) in [6, 6.07) is 8.52. The SMILES string of the molecule is Cc1ccc(Cl)cc1N=Nc1c(C)nc2ccc(C(=O)O)cn12. The molecular formula is C16H13ClN4O2. The molecule has 1 aromatic carbocycles. The predicted molar refractivity (Wildman–Crippen MR) is 87.3 cm³/mol. The molecule has 3 rings (SSSR count). The average Bonchev–Trinajstić information content (AvgIpc) is 2.82. The van der Waals surface area contributed by atoms with Crippen LogP contribution in [0.1, 0.15) is 21.6 Å². The van der Waals surface area contributed by atoms with Crippen LogP contribution in [0.25, 0.3) is 5.65 Å². The molecule has 0 atom stereocenters. The summed E-state index contributed by atoms with van der Waals surface area (Å²) in [5.41, 5.74) is 3.03. The molecule has 0 fully saturated rings. The number of carbonyl (C=O) groups is 1. The summed E-state index contributed by atoms with van der Waals surface area (Å²) in [6.07, 6.45) is 1.48. The second-order valence-corrected chi connectivity index (χ2v) is 5.54. The topological polar surface area (TPSA) is 79.3 Å². The number of aromatic nitrogens is 2. The lowest BCUT2D eigenvalue weighted by Gasteiger charge is -2.01. The minimum Gasteiger partial charge on any atom is -0.478 e. The number of benzene rings is 1. The van der Waals surface area contributed by atoms with E-state index in [1.54, 1.807) is 29.5 Å². The summed E-state index contributed by atoms with van der Waals surface area (Å²) in [5.74, 6) is -0.519. The van der Waals surface area contributed by atoms with Crippen LogP contribution in [-0.2, 0) is 0 Å². The Morgan fingerprint density at radius 2 is 2.00 bits per heavy atom. The second kappa shape index (κ2) is 5.81. The van der Waals surface area contributed by atoms with Gasteiger partial charge in [-0.3, -0.25) is 4.40 Å². The maximum atomic E-state index is 11.1. The minimum atomic E-state index is -1.01. The van der Waals surface area contributed by atoms with Gasteiger partial charge in [-0.05, 0) is 43.7 Å². The number of aryl methyl sites for hydroxylation is 2. The molecule has 0 aliphatic heterocycles. The number of nitrogens with zero attached hydrogens (tertiary/aromatic N) is 4. The van der Waals surface area contributed by atoms with E-state index in [-0.39, 0.29) is 5.56 Å². The smallest absolute Gasteiger partial charge is 0.337 e. The highest BCUT2D eigenvalue weighted by Gasteiger charge is 2.11. The summed E-state index contributed by atoms with van der Waals surface area (Å²) in [7, 11) is 0. The molecule has 2 aromatic heterocycles. The molecule has 3 aromatic rings. The molecule has 23 heavy (non-hydrogen) atoms. The van der Waals surface area contributed by atoms with E-state index in [1.165, 1.54) is 12.3 Å². The van der Waals surface area contributed by atoms with Gasteiger partial charge in [0.25, 0.3) is 0 Å². The van der Waals surface area contributed by atoms with E-state index in [9.17, 15) is 4.79 Å². The van der Waals surface area contributed by atoms with Gasteiger partial charge in [-0.15, -0.1) is 10.2 Å². The van der Waals surface area contributed by atoms with Crippen LogP contribution in [0.5, 0.6) is 0 Å². The lowest BCUT2D eigenvalue weighted by Crippen LogP contribution is -1.98. The maximum Gasteiger partial charge on any atom is 0.337 e. The number of carboxylic acids is 1. The molecule has 0 radical (unpaired) electrons. The summed E-state index contributed by atoms with van der Waals surface area (Å²) in [6.45, 7) is 3.71. The van der Waals surface area contributed by atoms with Gasteiger partial charge in [0.15, 0.2) is 5.82 Å². The number of hydrogen-bond donors (Lipinski definition) is 1. The summed E-state index contributed by atoms with van der Waals surface area (Å²) < 4.78 is 1.61. The number of pyridine rings is 1. The third kappa shape index (κ3) is 2.93. The largest absolute Gasteiger partial charge is 0.478 e. The molecule has 116 valence electrons. The van der Waals surface area contributed by atoms with Gasteiger partial charge >= 0.3 is 5.97 Å². The molecule has 2 heterocycles. The third-order valence-corrected chi connectivity index (χ3v) is 3.67. The molecule has 0 aliphatic carbocycles. The number of aromatic carboxylic acids is 1. The molecule has 0 spiro atoms. The number of fused-ring (bicyclic) bond motifs is 1. The van der Waals surface area contributed by atoms with Gasteiger partial charge in [0.1, 0.15) is 5.65 Å². The van der Waals surface area contributed by atoms with Gasteiger partial charge in [-0.1, -0.05) is 17.7 Å².